The van der Waals surface area contributed by atoms with Gasteiger partial charge in [-0.1, -0.05) is 25.7 Å². The minimum absolute atomic E-state index is 0.00272. The third-order valence-corrected chi connectivity index (χ3v) is 3.97. The largest absolute Gasteiger partial charge is 0.481 e. The van der Waals surface area contributed by atoms with E-state index < -0.39 is 11.4 Å². The first kappa shape index (κ1) is 16.0. The highest BCUT2D eigenvalue weighted by Gasteiger charge is 2.38. The van der Waals surface area contributed by atoms with E-state index in [0.29, 0.717) is 25.7 Å². The molecule has 0 heterocycles. The second kappa shape index (κ2) is 7.48. The van der Waals surface area contributed by atoms with Gasteiger partial charge in [-0.2, -0.15) is 0 Å². The van der Waals surface area contributed by atoms with Crippen LogP contribution >= 0.6 is 0 Å². The fraction of sp³-hybridized carbons (Fsp3) is 0.857. The van der Waals surface area contributed by atoms with Crippen molar-refractivity contribution < 1.29 is 14.7 Å². The van der Waals surface area contributed by atoms with Crippen molar-refractivity contribution in [1.82, 2.24) is 5.32 Å². The second-order valence-corrected chi connectivity index (χ2v) is 5.79. The van der Waals surface area contributed by atoms with E-state index in [1.807, 2.05) is 6.92 Å². The molecule has 1 saturated carbocycles. The van der Waals surface area contributed by atoms with E-state index in [4.69, 9.17) is 5.73 Å². The Morgan fingerprint density at radius 2 is 1.84 bits per heavy atom. The fourth-order valence-corrected chi connectivity index (χ4v) is 2.59. The van der Waals surface area contributed by atoms with E-state index in [1.165, 1.54) is 0 Å². The van der Waals surface area contributed by atoms with Gasteiger partial charge in [0.2, 0.25) is 5.91 Å². The third-order valence-electron chi connectivity index (χ3n) is 3.97. The van der Waals surface area contributed by atoms with Gasteiger partial charge in [0.1, 0.15) is 0 Å². The number of nitrogens with one attached hydrogen (secondary N) is 1. The maximum Gasteiger partial charge on any atom is 0.311 e. The number of carbonyl (C=O) groups is 2. The standard InChI is InChI=1S/C14H26N2O3/c1-11(15)6-7-12(17)16-10-14(13(18)19)8-4-2-3-5-9-14/h11H,2-10,15H2,1H3,(H,16,17)(H,18,19). The van der Waals surface area contributed by atoms with Gasteiger partial charge < -0.3 is 16.2 Å². The summed E-state index contributed by atoms with van der Waals surface area (Å²) in [6.45, 7) is 2.11. The molecule has 1 aliphatic rings. The number of hydrogen-bond donors (Lipinski definition) is 3. The molecule has 0 aromatic carbocycles. The Morgan fingerprint density at radius 1 is 1.26 bits per heavy atom. The molecule has 0 radical (unpaired) electrons. The number of aliphatic carboxylic acids is 1. The molecule has 0 bridgehead atoms. The maximum absolute atomic E-state index is 11.7. The van der Waals surface area contributed by atoms with Gasteiger partial charge in [-0.25, -0.2) is 0 Å². The number of carbonyl (C=O) groups excluding carboxylic acids is 1. The molecule has 19 heavy (non-hydrogen) atoms. The molecule has 5 nitrogen and oxygen atoms in total. The summed E-state index contributed by atoms with van der Waals surface area (Å²) >= 11 is 0. The highest BCUT2D eigenvalue weighted by molar-refractivity contribution is 5.79. The Bertz CT molecular complexity index is 308. The predicted molar refractivity (Wildman–Crippen MR) is 73.7 cm³/mol. The lowest BCUT2D eigenvalue weighted by Crippen LogP contribution is -2.43. The zero-order valence-corrected chi connectivity index (χ0v) is 11.8. The van der Waals surface area contributed by atoms with Crippen LogP contribution in [0.2, 0.25) is 0 Å². The Kier molecular flexibility index (Phi) is 6.28. The molecule has 1 fully saturated rings. The average molecular weight is 270 g/mol. The zero-order chi connectivity index (χ0) is 14.3. The Morgan fingerprint density at radius 3 is 2.32 bits per heavy atom. The molecule has 1 atom stereocenters. The smallest absolute Gasteiger partial charge is 0.311 e. The van der Waals surface area contributed by atoms with E-state index in [2.05, 4.69) is 5.32 Å². The van der Waals surface area contributed by atoms with Crippen molar-refractivity contribution in [1.29, 1.82) is 0 Å². The molecule has 5 heteroatoms. The highest BCUT2D eigenvalue weighted by atomic mass is 16.4. The fourth-order valence-electron chi connectivity index (χ4n) is 2.59. The van der Waals surface area contributed by atoms with Gasteiger partial charge in [0.05, 0.1) is 5.41 Å². The molecule has 0 aromatic heterocycles. The number of rotatable bonds is 6. The summed E-state index contributed by atoms with van der Waals surface area (Å²) in [5, 5.41) is 12.3. The molecular weight excluding hydrogens is 244 g/mol. The van der Waals surface area contributed by atoms with Crippen LogP contribution in [0.1, 0.15) is 58.3 Å². The summed E-state index contributed by atoms with van der Waals surface area (Å²) < 4.78 is 0. The minimum atomic E-state index is -0.776. The van der Waals surface area contributed by atoms with Crippen molar-refractivity contribution in [3.8, 4) is 0 Å². The first-order valence-corrected chi connectivity index (χ1v) is 7.22. The topological polar surface area (TPSA) is 92.4 Å². The third kappa shape index (κ3) is 5.19. The summed E-state index contributed by atoms with van der Waals surface area (Å²) in [5.74, 6) is -0.871. The Hall–Kier alpha value is -1.10. The molecule has 4 N–H and O–H groups in total. The number of nitrogens with two attached hydrogens (primary N) is 1. The summed E-state index contributed by atoms with van der Waals surface area (Å²) in [6.07, 6.45) is 6.37. The maximum atomic E-state index is 11.7. The van der Waals surface area contributed by atoms with Crippen molar-refractivity contribution in [2.24, 2.45) is 11.1 Å². The van der Waals surface area contributed by atoms with E-state index >= 15 is 0 Å². The van der Waals surface area contributed by atoms with Crippen LogP contribution in [0.5, 0.6) is 0 Å². The van der Waals surface area contributed by atoms with Crippen molar-refractivity contribution >= 4 is 11.9 Å². The van der Waals surface area contributed by atoms with Crippen LogP contribution in [-0.2, 0) is 9.59 Å². The first-order valence-electron chi connectivity index (χ1n) is 7.22. The van der Waals surface area contributed by atoms with Crippen LogP contribution < -0.4 is 11.1 Å². The van der Waals surface area contributed by atoms with Crippen LogP contribution in [0.3, 0.4) is 0 Å². The lowest BCUT2D eigenvalue weighted by molar-refractivity contribution is -0.149. The van der Waals surface area contributed by atoms with Crippen LogP contribution in [0.4, 0.5) is 0 Å². The minimum Gasteiger partial charge on any atom is -0.481 e. The molecule has 0 saturated heterocycles. The highest BCUT2D eigenvalue weighted by Crippen LogP contribution is 2.34. The number of hydrogen-bond acceptors (Lipinski definition) is 3. The Balaban J connectivity index is 2.49. The van der Waals surface area contributed by atoms with Crippen molar-refractivity contribution in [3.63, 3.8) is 0 Å². The van der Waals surface area contributed by atoms with Gasteiger partial charge in [-0.15, -0.1) is 0 Å². The van der Waals surface area contributed by atoms with E-state index in [9.17, 15) is 14.7 Å². The van der Waals surface area contributed by atoms with Gasteiger partial charge >= 0.3 is 5.97 Å². The number of amides is 1. The van der Waals surface area contributed by atoms with Crippen LogP contribution in [-0.4, -0.2) is 29.6 Å². The second-order valence-electron chi connectivity index (χ2n) is 5.79. The SMILES string of the molecule is CC(N)CCC(=O)NCC1(C(=O)O)CCCCCC1. The van der Waals surface area contributed by atoms with Gasteiger partial charge in [0.15, 0.2) is 0 Å². The molecule has 1 unspecified atom stereocenters. The van der Waals surface area contributed by atoms with Crippen LogP contribution in [0.15, 0.2) is 0 Å². The lowest BCUT2D eigenvalue weighted by Gasteiger charge is -2.28. The van der Waals surface area contributed by atoms with E-state index in [0.717, 1.165) is 25.7 Å². The van der Waals surface area contributed by atoms with Gasteiger partial charge in [-0.3, -0.25) is 9.59 Å². The zero-order valence-electron chi connectivity index (χ0n) is 11.8. The number of carboxylic acids is 1. The van der Waals surface area contributed by atoms with Gasteiger partial charge in [0.25, 0.3) is 0 Å². The lowest BCUT2D eigenvalue weighted by atomic mass is 9.80. The molecule has 0 spiro atoms. The van der Waals surface area contributed by atoms with Crippen molar-refractivity contribution in [2.45, 2.75) is 64.3 Å². The monoisotopic (exact) mass is 270 g/mol. The van der Waals surface area contributed by atoms with Crippen LogP contribution in [0, 0.1) is 5.41 Å². The first-order chi connectivity index (χ1) is 8.96. The Labute approximate surface area is 114 Å². The molecule has 1 aliphatic carbocycles. The molecule has 1 rings (SSSR count). The van der Waals surface area contributed by atoms with E-state index in [1.54, 1.807) is 0 Å². The molecular formula is C14H26N2O3. The quantitative estimate of drug-likeness (QED) is 0.640. The summed E-state index contributed by atoms with van der Waals surface area (Å²) in [6, 6.07) is -0.00272. The summed E-state index contributed by atoms with van der Waals surface area (Å²) in [7, 11) is 0. The number of carboxylic acid groups (broad SMARTS) is 1. The molecule has 0 aliphatic heterocycles. The predicted octanol–water partition coefficient (Wildman–Crippen LogP) is 1.66. The van der Waals surface area contributed by atoms with Crippen molar-refractivity contribution in [2.75, 3.05) is 6.54 Å². The van der Waals surface area contributed by atoms with Gasteiger partial charge in [0, 0.05) is 19.0 Å². The average Bonchev–Trinajstić information content (AvgIpc) is 2.60. The van der Waals surface area contributed by atoms with E-state index in [-0.39, 0.29) is 18.5 Å². The van der Waals surface area contributed by atoms with Crippen LogP contribution in [0.25, 0.3) is 0 Å². The van der Waals surface area contributed by atoms with Crippen molar-refractivity contribution in [3.05, 3.63) is 0 Å². The molecule has 110 valence electrons. The molecule has 0 aromatic rings. The summed E-state index contributed by atoms with van der Waals surface area (Å²) in [5.41, 5.74) is 4.84. The molecule has 1 amide bonds. The summed E-state index contributed by atoms with van der Waals surface area (Å²) in [4.78, 5) is 23.2. The van der Waals surface area contributed by atoms with Gasteiger partial charge in [-0.05, 0) is 26.2 Å². The normalized spacial score (nSPS) is 20.3.